The molecule has 0 bridgehead atoms. The van der Waals surface area contributed by atoms with Gasteiger partial charge in [0.05, 0.1) is 0 Å². The summed E-state index contributed by atoms with van der Waals surface area (Å²) in [7, 11) is 0. The van der Waals surface area contributed by atoms with Crippen LogP contribution in [0, 0.1) is 0 Å². The minimum atomic E-state index is -0.149. The molecular weight excluding hydrogens is 176 g/mol. The van der Waals surface area contributed by atoms with Crippen LogP contribution in [-0.2, 0) is 4.79 Å². The van der Waals surface area contributed by atoms with E-state index in [1.54, 1.807) is 6.92 Å². The average Bonchev–Trinajstić information content (AvgIpc) is 1.85. The molecule has 1 aliphatic carbocycles. The van der Waals surface area contributed by atoms with Gasteiger partial charge in [0.15, 0.2) is 5.66 Å². The first kappa shape index (κ1) is 11.7. The molecule has 0 aromatic rings. The highest BCUT2D eigenvalue weighted by molar-refractivity contribution is 5.73. The fraction of sp³-hybridized carbons (Fsp3) is 0.875. The summed E-state index contributed by atoms with van der Waals surface area (Å²) in [6, 6.07) is 0. The number of amides is 1. The number of carbonyl (C=O) groups excluding carboxylic acids is 1. The van der Waals surface area contributed by atoms with E-state index in [9.17, 15) is 4.79 Å². The molecule has 4 heteroatoms. The van der Waals surface area contributed by atoms with Gasteiger partial charge in [0.1, 0.15) is 0 Å². The summed E-state index contributed by atoms with van der Waals surface area (Å²) in [5.74, 6) is 0.0434. The van der Waals surface area contributed by atoms with Gasteiger partial charge in [-0.15, -0.1) is 0 Å². The van der Waals surface area contributed by atoms with Crippen LogP contribution >= 0.6 is 0 Å². The van der Waals surface area contributed by atoms with Crippen LogP contribution in [0.5, 0.6) is 0 Å². The van der Waals surface area contributed by atoms with Gasteiger partial charge in [-0.25, -0.2) is 0 Å². The van der Waals surface area contributed by atoms with E-state index < -0.39 is 0 Å². The number of halogens is 1. The smallest absolute Gasteiger partial charge is 0.221 e. The third-order valence-electron chi connectivity index (χ3n) is 2.25. The lowest BCUT2D eigenvalue weighted by Gasteiger charge is -2.29. The zero-order valence-electron chi connectivity index (χ0n) is 7.53. The molecular formula is C8H17ClN2O. The lowest BCUT2D eigenvalue weighted by molar-refractivity contribution is -0.491. The number of carbonyl (C=O) groups is 1. The van der Waals surface area contributed by atoms with Gasteiger partial charge in [0, 0.05) is 19.8 Å². The van der Waals surface area contributed by atoms with Gasteiger partial charge in [-0.1, -0.05) is 6.42 Å². The van der Waals surface area contributed by atoms with Gasteiger partial charge in [-0.2, -0.15) is 0 Å². The number of nitrogens with one attached hydrogen (secondary N) is 1. The first-order valence-corrected chi connectivity index (χ1v) is 4.26. The summed E-state index contributed by atoms with van der Waals surface area (Å²) in [6.07, 6.45) is 5.75. The molecule has 1 aliphatic rings. The summed E-state index contributed by atoms with van der Waals surface area (Å²) < 4.78 is 0. The molecule has 1 rings (SSSR count). The van der Waals surface area contributed by atoms with Crippen LogP contribution in [0.4, 0.5) is 0 Å². The Morgan fingerprint density at radius 2 is 1.83 bits per heavy atom. The molecule has 0 unspecified atom stereocenters. The second kappa shape index (κ2) is 4.67. The lowest BCUT2D eigenvalue weighted by Crippen LogP contribution is -3.00. The standard InChI is InChI=1S/C8H16N2O.ClH/c1-7(11)10-8(9)5-3-2-4-6-8;/h2-6,9H2,1H3,(H,10,11);1H. The minimum absolute atomic E-state index is 0. The van der Waals surface area contributed by atoms with Crippen LogP contribution in [0.25, 0.3) is 0 Å². The van der Waals surface area contributed by atoms with Gasteiger partial charge in [-0.3, -0.25) is 4.79 Å². The second-order valence-electron chi connectivity index (χ2n) is 3.52. The zero-order chi connectivity index (χ0) is 8.32. The predicted octanol–water partition coefficient (Wildman–Crippen LogP) is -2.97. The van der Waals surface area contributed by atoms with E-state index in [1.165, 1.54) is 19.3 Å². The summed E-state index contributed by atoms with van der Waals surface area (Å²) in [5, 5.41) is 2.91. The number of hydrogen-bond donors (Lipinski definition) is 2. The number of hydrogen-bond acceptors (Lipinski definition) is 1. The molecule has 72 valence electrons. The van der Waals surface area contributed by atoms with E-state index in [1.807, 2.05) is 0 Å². The van der Waals surface area contributed by atoms with Crippen LogP contribution < -0.4 is 23.5 Å². The van der Waals surface area contributed by atoms with Gasteiger partial charge in [0.25, 0.3) is 0 Å². The number of quaternary nitrogens is 1. The average molecular weight is 193 g/mol. The largest absolute Gasteiger partial charge is 1.00 e. The van der Waals surface area contributed by atoms with Crippen LogP contribution in [0.15, 0.2) is 0 Å². The van der Waals surface area contributed by atoms with E-state index in [0.717, 1.165) is 12.8 Å². The first-order valence-electron chi connectivity index (χ1n) is 4.26. The van der Waals surface area contributed by atoms with Crippen molar-refractivity contribution in [2.75, 3.05) is 0 Å². The molecule has 1 saturated carbocycles. The zero-order valence-corrected chi connectivity index (χ0v) is 8.28. The molecule has 4 N–H and O–H groups in total. The van der Waals surface area contributed by atoms with E-state index in [-0.39, 0.29) is 24.0 Å². The Morgan fingerprint density at radius 1 is 1.33 bits per heavy atom. The Bertz CT molecular complexity index is 155. The molecule has 0 atom stereocenters. The minimum Gasteiger partial charge on any atom is -1.00 e. The molecule has 0 radical (unpaired) electrons. The quantitative estimate of drug-likeness (QED) is 0.429. The molecule has 3 nitrogen and oxygen atoms in total. The molecule has 0 aromatic heterocycles. The molecule has 0 saturated heterocycles. The van der Waals surface area contributed by atoms with Gasteiger partial charge in [-0.05, 0) is 12.8 Å². The van der Waals surface area contributed by atoms with Crippen molar-refractivity contribution >= 4 is 5.91 Å². The van der Waals surface area contributed by atoms with Crippen molar-refractivity contribution in [3.05, 3.63) is 0 Å². The van der Waals surface area contributed by atoms with Gasteiger partial charge >= 0.3 is 0 Å². The van der Waals surface area contributed by atoms with Crippen molar-refractivity contribution < 1.29 is 22.9 Å². The molecule has 0 aromatic carbocycles. The SMILES string of the molecule is CC(=O)NC1([NH3+])CCCCC1.[Cl-]. The normalized spacial score (nSPS) is 20.8. The number of rotatable bonds is 1. The Labute approximate surface area is 79.5 Å². The molecule has 1 amide bonds. The summed E-state index contributed by atoms with van der Waals surface area (Å²) in [4.78, 5) is 10.8. The highest BCUT2D eigenvalue weighted by Gasteiger charge is 2.31. The molecule has 0 aliphatic heterocycles. The van der Waals surface area contributed by atoms with Crippen LogP contribution in [0.2, 0.25) is 0 Å². The van der Waals surface area contributed by atoms with E-state index in [0.29, 0.717) is 0 Å². The van der Waals surface area contributed by atoms with Crippen LogP contribution in [-0.4, -0.2) is 11.6 Å². The van der Waals surface area contributed by atoms with Crippen molar-refractivity contribution in [1.82, 2.24) is 5.32 Å². The van der Waals surface area contributed by atoms with Gasteiger partial charge in [0.2, 0.25) is 5.91 Å². The van der Waals surface area contributed by atoms with Crippen molar-refractivity contribution in [2.24, 2.45) is 0 Å². The fourth-order valence-corrected chi connectivity index (χ4v) is 1.73. The van der Waals surface area contributed by atoms with Crippen molar-refractivity contribution in [1.29, 1.82) is 0 Å². The Morgan fingerprint density at radius 3 is 2.25 bits per heavy atom. The van der Waals surface area contributed by atoms with E-state index >= 15 is 0 Å². The molecule has 0 spiro atoms. The molecule has 0 heterocycles. The predicted molar refractivity (Wildman–Crippen MR) is 42.5 cm³/mol. The fourth-order valence-electron chi connectivity index (χ4n) is 1.73. The monoisotopic (exact) mass is 192 g/mol. The Hall–Kier alpha value is -0.280. The van der Waals surface area contributed by atoms with Crippen molar-refractivity contribution in [2.45, 2.75) is 44.7 Å². The highest BCUT2D eigenvalue weighted by Crippen LogP contribution is 2.21. The lowest BCUT2D eigenvalue weighted by atomic mass is 9.90. The second-order valence-corrected chi connectivity index (χ2v) is 3.52. The third kappa shape index (κ3) is 3.41. The summed E-state index contributed by atoms with van der Waals surface area (Å²) in [5.41, 5.74) is 3.89. The van der Waals surface area contributed by atoms with E-state index in [2.05, 4.69) is 11.1 Å². The highest BCUT2D eigenvalue weighted by atomic mass is 35.5. The van der Waals surface area contributed by atoms with Gasteiger partial charge < -0.3 is 23.5 Å². The maximum Gasteiger partial charge on any atom is 0.221 e. The van der Waals surface area contributed by atoms with Crippen molar-refractivity contribution in [3.63, 3.8) is 0 Å². The maximum absolute atomic E-state index is 10.8. The topological polar surface area (TPSA) is 56.7 Å². The summed E-state index contributed by atoms with van der Waals surface area (Å²) in [6.45, 7) is 1.56. The molecule has 1 fully saturated rings. The van der Waals surface area contributed by atoms with E-state index in [4.69, 9.17) is 0 Å². The Balaban J connectivity index is 0.00000121. The first-order chi connectivity index (χ1) is 5.12. The summed E-state index contributed by atoms with van der Waals surface area (Å²) >= 11 is 0. The molecule has 12 heavy (non-hydrogen) atoms. The van der Waals surface area contributed by atoms with Crippen LogP contribution in [0.3, 0.4) is 0 Å². The van der Waals surface area contributed by atoms with Crippen LogP contribution in [0.1, 0.15) is 39.0 Å². The third-order valence-corrected chi connectivity index (χ3v) is 2.25. The van der Waals surface area contributed by atoms with Crippen molar-refractivity contribution in [3.8, 4) is 0 Å². The maximum atomic E-state index is 10.8. The Kier molecular flexibility index (Phi) is 4.57.